The van der Waals surface area contributed by atoms with Gasteiger partial charge in [-0.15, -0.1) is 16.4 Å². The fraction of sp³-hybridized carbons (Fsp3) is 0.562. The van der Waals surface area contributed by atoms with Crippen molar-refractivity contribution in [3.63, 3.8) is 0 Å². The van der Waals surface area contributed by atoms with Crippen LogP contribution in [0.1, 0.15) is 51.0 Å². The van der Waals surface area contributed by atoms with Gasteiger partial charge in [0.1, 0.15) is 0 Å². The number of hydrogen-bond donors (Lipinski definition) is 0. The van der Waals surface area contributed by atoms with Crippen molar-refractivity contribution in [2.24, 2.45) is 0 Å². The SMILES string of the molecule is CS(=O)(=O)c1snnc1C1CCCN(C(=O)c2cc3c(s2)CCC3)C1. The van der Waals surface area contributed by atoms with Gasteiger partial charge in [0.15, 0.2) is 14.0 Å². The number of thiophene rings is 1. The number of aryl methyl sites for hydroxylation is 2. The maximum atomic E-state index is 12.9. The molecule has 0 bridgehead atoms. The molecule has 1 atom stereocenters. The number of carbonyl (C=O) groups excluding carboxylic acids is 1. The molecule has 0 aromatic carbocycles. The molecule has 1 aliphatic heterocycles. The quantitative estimate of drug-likeness (QED) is 0.795. The van der Waals surface area contributed by atoms with Gasteiger partial charge in [-0.25, -0.2) is 8.42 Å². The minimum atomic E-state index is -3.34. The molecule has 6 nitrogen and oxygen atoms in total. The molecule has 1 saturated heterocycles. The van der Waals surface area contributed by atoms with E-state index in [1.54, 1.807) is 11.3 Å². The van der Waals surface area contributed by atoms with Crippen LogP contribution < -0.4 is 0 Å². The number of sulfone groups is 1. The summed E-state index contributed by atoms with van der Waals surface area (Å²) in [6, 6.07) is 2.05. The first kappa shape index (κ1) is 17.1. The van der Waals surface area contributed by atoms with Gasteiger partial charge in [0, 0.05) is 41.7 Å². The fourth-order valence-corrected chi connectivity index (χ4v) is 6.62. The van der Waals surface area contributed by atoms with Crippen LogP contribution in [-0.2, 0) is 22.7 Å². The van der Waals surface area contributed by atoms with Crippen molar-refractivity contribution in [1.29, 1.82) is 0 Å². The molecule has 2 aromatic rings. The average molecular weight is 398 g/mol. The third kappa shape index (κ3) is 3.24. The molecule has 0 radical (unpaired) electrons. The molecule has 4 rings (SSSR count). The highest BCUT2D eigenvalue weighted by atomic mass is 32.2. The Morgan fingerprint density at radius 1 is 1.32 bits per heavy atom. The third-order valence-electron chi connectivity index (χ3n) is 4.87. The van der Waals surface area contributed by atoms with E-state index >= 15 is 0 Å². The van der Waals surface area contributed by atoms with Crippen LogP contribution >= 0.6 is 22.9 Å². The Morgan fingerprint density at radius 2 is 2.16 bits per heavy atom. The van der Waals surface area contributed by atoms with Crippen LogP contribution in [0, 0.1) is 0 Å². The van der Waals surface area contributed by atoms with Crippen molar-refractivity contribution in [2.75, 3.05) is 19.3 Å². The molecule has 2 aromatic heterocycles. The summed E-state index contributed by atoms with van der Waals surface area (Å²) in [7, 11) is -3.34. The van der Waals surface area contributed by atoms with Gasteiger partial charge in [-0.2, -0.15) is 0 Å². The molecule has 0 saturated carbocycles. The normalized spacial score (nSPS) is 20.7. The Kier molecular flexibility index (Phi) is 4.41. The zero-order valence-corrected chi connectivity index (χ0v) is 16.3. The summed E-state index contributed by atoms with van der Waals surface area (Å²) < 4.78 is 27.9. The molecule has 134 valence electrons. The lowest BCUT2D eigenvalue weighted by molar-refractivity contribution is 0.0710. The van der Waals surface area contributed by atoms with Crippen LogP contribution in [0.4, 0.5) is 0 Å². The van der Waals surface area contributed by atoms with Gasteiger partial charge in [-0.1, -0.05) is 4.49 Å². The van der Waals surface area contributed by atoms with E-state index < -0.39 is 9.84 Å². The Labute approximate surface area is 155 Å². The van der Waals surface area contributed by atoms with E-state index in [0.717, 1.165) is 42.1 Å². The summed E-state index contributed by atoms with van der Waals surface area (Å²) >= 11 is 2.54. The van der Waals surface area contributed by atoms with Crippen LogP contribution in [-0.4, -0.2) is 48.2 Å². The summed E-state index contributed by atoms with van der Waals surface area (Å²) in [6.07, 6.45) is 6.21. The van der Waals surface area contributed by atoms with Crippen LogP contribution in [0.3, 0.4) is 0 Å². The van der Waals surface area contributed by atoms with Gasteiger partial charge in [-0.05, 0) is 43.7 Å². The van der Waals surface area contributed by atoms with Crippen molar-refractivity contribution >= 4 is 38.6 Å². The number of aromatic nitrogens is 2. The molecule has 3 heterocycles. The maximum Gasteiger partial charge on any atom is 0.263 e. The second kappa shape index (κ2) is 6.44. The second-order valence-corrected chi connectivity index (χ2v) is 10.8. The van der Waals surface area contributed by atoms with Crippen LogP contribution in [0.25, 0.3) is 0 Å². The Morgan fingerprint density at radius 3 is 2.92 bits per heavy atom. The number of likely N-dealkylation sites (tertiary alicyclic amines) is 1. The fourth-order valence-electron chi connectivity index (χ4n) is 3.67. The number of fused-ring (bicyclic) bond motifs is 1. The third-order valence-corrected chi connectivity index (χ3v) is 8.65. The molecule has 0 N–H and O–H groups in total. The van der Waals surface area contributed by atoms with E-state index in [1.807, 2.05) is 11.0 Å². The maximum absolute atomic E-state index is 12.9. The molecule has 1 amide bonds. The van der Waals surface area contributed by atoms with Crippen molar-refractivity contribution in [1.82, 2.24) is 14.5 Å². The number of carbonyl (C=O) groups is 1. The number of piperidine rings is 1. The summed E-state index contributed by atoms with van der Waals surface area (Å²) in [5.74, 6) is 0.00109. The van der Waals surface area contributed by atoms with Gasteiger partial charge in [0.05, 0.1) is 10.6 Å². The summed E-state index contributed by atoms with van der Waals surface area (Å²) in [5.41, 5.74) is 1.85. The highest BCUT2D eigenvalue weighted by Gasteiger charge is 2.32. The van der Waals surface area contributed by atoms with Crippen molar-refractivity contribution in [3.05, 3.63) is 27.1 Å². The molecule has 1 unspecified atom stereocenters. The second-order valence-electron chi connectivity index (χ2n) is 6.72. The highest BCUT2D eigenvalue weighted by Crippen LogP contribution is 2.34. The van der Waals surface area contributed by atoms with Crippen molar-refractivity contribution in [3.8, 4) is 0 Å². The lowest BCUT2D eigenvalue weighted by atomic mass is 9.95. The minimum Gasteiger partial charge on any atom is -0.337 e. The zero-order valence-electron chi connectivity index (χ0n) is 13.9. The standard InChI is InChI=1S/C16H19N3O3S3/c1-25(21,22)16-14(17-18-24-16)11-5-3-7-19(9-11)15(20)13-8-10-4-2-6-12(10)23-13/h8,11H,2-7,9H2,1H3. The number of hydrogen-bond acceptors (Lipinski definition) is 7. The topological polar surface area (TPSA) is 80.2 Å². The van der Waals surface area contributed by atoms with Crippen LogP contribution in [0.2, 0.25) is 0 Å². The molecule has 2 aliphatic rings. The predicted octanol–water partition coefficient (Wildman–Crippen LogP) is 2.51. The zero-order chi connectivity index (χ0) is 17.6. The lowest BCUT2D eigenvalue weighted by Crippen LogP contribution is -2.39. The van der Waals surface area contributed by atoms with E-state index in [9.17, 15) is 13.2 Å². The van der Waals surface area contributed by atoms with Gasteiger partial charge >= 0.3 is 0 Å². The summed E-state index contributed by atoms with van der Waals surface area (Å²) in [4.78, 5) is 16.9. The Hall–Kier alpha value is -1.32. The molecule has 0 spiro atoms. The summed E-state index contributed by atoms with van der Waals surface area (Å²) in [6.45, 7) is 1.22. The van der Waals surface area contributed by atoms with E-state index in [0.29, 0.717) is 18.8 Å². The number of amides is 1. The molecule has 25 heavy (non-hydrogen) atoms. The number of nitrogens with zero attached hydrogens (tertiary/aromatic N) is 3. The molecule has 1 fully saturated rings. The first-order valence-electron chi connectivity index (χ1n) is 8.36. The van der Waals surface area contributed by atoms with E-state index in [2.05, 4.69) is 9.59 Å². The van der Waals surface area contributed by atoms with Gasteiger partial charge < -0.3 is 4.90 Å². The Balaban J connectivity index is 1.55. The van der Waals surface area contributed by atoms with Crippen LogP contribution in [0.15, 0.2) is 10.3 Å². The molecule has 1 aliphatic carbocycles. The molecular weight excluding hydrogens is 378 g/mol. The van der Waals surface area contributed by atoms with E-state index in [-0.39, 0.29) is 16.0 Å². The number of rotatable bonds is 3. The Bertz CT molecular complexity index is 895. The largest absolute Gasteiger partial charge is 0.337 e. The first-order chi connectivity index (χ1) is 11.9. The van der Waals surface area contributed by atoms with E-state index in [1.165, 1.54) is 23.1 Å². The van der Waals surface area contributed by atoms with Gasteiger partial charge in [0.2, 0.25) is 0 Å². The first-order valence-corrected chi connectivity index (χ1v) is 11.8. The highest BCUT2D eigenvalue weighted by molar-refractivity contribution is 7.92. The minimum absolute atomic E-state index is 0.0621. The summed E-state index contributed by atoms with van der Waals surface area (Å²) in [5, 5.41) is 4.07. The van der Waals surface area contributed by atoms with E-state index in [4.69, 9.17) is 0 Å². The van der Waals surface area contributed by atoms with Crippen molar-refractivity contribution < 1.29 is 13.2 Å². The van der Waals surface area contributed by atoms with Gasteiger partial charge in [-0.3, -0.25) is 4.79 Å². The van der Waals surface area contributed by atoms with Gasteiger partial charge in [0.25, 0.3) is 5.91 Å². The smallest absolute Gasteiger partial charge is 0.263 e. The molecule has 9 heteroatoms. The average Bonchev–Trinajstić information content (AvgIpc) is 3.28. The van der Waals surface area contributed by atoms with Crippen LogP contribution in [0.5, 0.6) is 0 Å². The molecular formula is C16H19N3O3S3. The predicted molar refractivity (Wildman–Crippen MR) is 97.2 cm³/mol. The lowest BCUT2D eigenvalue weighted by Gasteiger charge is -2.31. The van der Waals surface area contributed by atoms with Crippen molar-refractivity contribution in [2.45, 2.75) is 42.2 Å². The monoisotopic (exact) mass is 397 g/mol.